The lowest BCUT2D eigenvalue weighted by atomic mass is 9.98. The van der Waals surface area contributed by atoms with Crippen LogP contribution in [-0.4, -0.2) is 43.9 Å². The molecule has 1 N–H and O–H groups in total. The highest BCUT2D eigenvalue weighted by molar-refractivity contribution is 7.88. The van der Waals surface area contributed by atoms with Gasteiger partial charge in [0.05, 0.1) is 11.7 Å². The molecule has 2 aliphatic rings. The zero-order chi connectivity index (χ0) is 20.0. The third kappa shape index (κ3) is 5.40. The molecule has 28 heavy (non-hydrogen) atoms. The molecule has 2 aliphatic heterocycles. The van der Waals surface area contributed by atoms with Gasteiger partial charge in [0.15, 0.2) is 5.66 Å². The molecule has 0 saturated carbocycles. The van der Waals surface area contributed by atoms with Crippen LogP contribution >= 0.6 is 0 Å². The molecule has 0 radical (unpaired) electrons. The van der Waals surface area contributed by atoms with E-state index in [1.807, 2.05) is 18.2 Å². The topological polar surface area (TPSA) is 91.2 Å². The van der Waals surface area contributed by atoms with E-state index in [1.54, 1.807) is 12.1 Å². The summed E-state index contributed by atoms with van der Waals surface area (Å²) in [6, 6.07) is 9.11. The second-order valence-electron chi connectivity index (χ2n) is 7.37. The van der Waals surface area contributed by atoms with E-state index in [2.05, 4.69) is 21.5 Å². The van der Waals surface area contributed by atoms with Crippen LogP contribution in [0, 0.1) is 18.3 Å². The van der Waals surface area contributed by atoms with E-state index < -0.39 is 15.7 Å². The van der Waals surface area contributed by atoms with Crippen LogP contribution in [0.2, 0.25) is 0 Å². The van der Waals surface area contributed by atoms with Gasteiger partial charge in [0.25, 0.3) is 0 Å². The molecule has 0 spiro atoms. The number of terminal acetylenes is 1. The average Bonchev–Trinajstić information content (AvgIpc) is 3.47. The molecule has 1 atom stereocenters. The Morgan fingerprint density at radius 3 is 2.71 bits per heavy atom. The van der Waals surface area contributed by atoms with Crippen LogP contribution < -0.4 is 5.32 Å². The Kier molecular flexibility index (Phi) is 6.47. The Balaban J connectivity index is 1.48. The minimum atomic E-state index is -3.44. The number of sulfonamides is 1. The molecule has 0 aromatic heterocycles. The maximum absolute atomic E-state index is 12.7. The molecule has 0 aliphatic carbocycles. The van der Waals surface area contributed by atoms with Crippen molar-refractivity contribution >= 4 is 15.9 Å². The zero-order valence-electron chi connectivity index (χ0n) is 15.9. The highest BCUT2D eigenvalue weighted by Gasteiger charge is 2.39. The van der Waals surface area contributed by atoms with Gasteiger partial charge < -0.3 is 5.32 Å². The fourth-order valence-corrected chi connectivity index (χ4v) is 5.09. The quantitative estimate of drug-likeness (QED) is 0.643. The van der Waals surface area contributed by atoms with Crippen LogP contribution in [0.3, 0.4) is 0 Å². The molecule has 1 aromatic carbocycles. The molecule has 150 valence electrons. The second-order valence-corrected chi connectivity index (χ2v) is 9.34. The largest absolute Gasteiger partial charge is 0.356 e. The number of carbonyl (C=O) groups is 1. The number of hydrogen-bond donors (Lipinski definition) is 1. The van der Waals surface area contributed by atoms with Crippen LogP contribution in [0.1, 0.15) is 37.7 Å². The van der Waals surface area contributed by atoms with Gasteiger partial charge in [-0.25, -0.2) is 12.7 Å². The molecular formula is C20H26N4O3S. The predicted octanol–water partition coefficient (Wildman–Crippen LogP) is 2.31. The number of rotatable bonds is 9. The Morgan fingerprint density at radius 1 is 1.29 bits per heavy atom. The Bertz CT molecular complexity index is 855. The van der Waals surface area contributed by atoms with Crippen molar-refractivity contribution < 1.29 is 13.2 Å². The van der Waals surface area contributed by atoms with Gasteiger partial charge in [-0.05, 0) is 18.4 Å². The fraction of sp³-hybridized carbons (Fsp3) is 0.550. The van der Waals surface area contributed by atoms with Crippen LogP contribution in [0.4, 0.5) is 0 Å². The average molecular weight is 403 g/mol. The van der Waals surface area contributed by atoms with E-state index in [1.165, 1.54) is 4.31 Å². The first-order valence-electron chi connectivity index (χ1n) is 9.61. The van der Waals surface area contributed by atoms with Gasteiger partial charge >= 0.3 is 0 Å². The van der Waals surface area contributed by atoms with Crippen molar-refractivity contribution in [1.29, 1.82) is 0 Å². The van der Waals surface area contributed by atoms with Gasteiger partial charge in [-0.3, -0.25) is 4.79 Å². The minimum Gasteiger partial charge on any atom is -0.356 e. The number of nitrogens with one attached hydrogen (secondary N) is 1. The smallest absolute Gasteiger partial charge is 0.224 e. The van der Waals surface area contributed by atoms with Gasteiger partial charge in [0, 0.05) is 38.9 Å². The SMILES string of the molecule is C#CCCC1(CCNC(=O)C2CCCN(S(=O)(=O)Cc3ccccc3)C2)N=N1. The molecule has 0 bridgehead atoms. The normalized spacial score (nSPS) is 21.0. The minimum absolute atomic E-state index is 0.0388. The monoisotopic (exact) mass is 402 g/mol. The van der Waals surface area contributed by atoms with Crippen molar-refractivity contribution in [2.45, 2.75) is 43.5 Å². The molecule has 1 saturated heterocycles. The van der Waals surface area contributed by atoms with Crippen LogP contribution in [0.15, 0.2) is 40.6 Å². The maximum atomic E-state index is 12.7. The van der Waals surface area contributed by atoms with Crippen molar-refractivity contribution in [2.24, 2.45) is 16.1 Å². The van der Waals surface area contributed by atoms with E-state index in [0.29, 0.717) is 45.2 Å². The van der Waals surface area contributed by atoms with Crippen molar-refractivity contribution in [1.82, 2.24) is 9.62 Å². The molecule has 1 amide bonds. The van der Waals surface area contributed by atoms with Crippen LogP contribution in [-0.2, 0) is 20.6 Å². The predicted molar refractivity (Wildman–Crippen MR) is 107 cm³/mol. The number of piperidine rings is 1. The number of hydrogen-bond acceptors (Lipinski definition) is 5. The highest BCUT2D eigenvalue weighted by Crippen LogP contribution is 2.36. The number of amides is 1. The van der Waals surface area contributed by atoms with Crippen molar-refractivity contribution in [2.75, 3.05) is 19.6 Å². The molecule has 1 unspecified atom stereocenters. The Labute approximate surface area is 166 Å². The summed E-state index contributed by atoms with van der Waals surface area (Å²) in [4.78, 5) is 12.5. The van der Waals surface area contributed by atoms with Crippen molar-refractivity contribution in [3.63, 3.8) is 0 Å². The van der Waals surface area contributed by atoms with Gasteiger partial charge in [-0.15, -0.1) is 12.3 Å². The molecule has 2 heterocycles. The summed E-state index contributed by atoms with van der Waals surface area (Å²) in [7, 11) is -3.44. The summed E-state index contributed by atoms with van der Waals surface area (Å²) in [5, 5.41) is 11.0. The fourth-order valence-electron chi connectivity index (χ4n) is 3.48. The third-order valence-electron chi connectivity index (χ3n) is 5.22. The Morgan fingerprint density at radius 2 is 2.04 bits per heavy atom. The summed E-state index contributed by atoms with van der Waals surface area (Å²) in [5.74, 6) is 2.11. The van der Waals surface area contributed by atoms with E-state index in [4.69, 9.17) is 6.42 Å². The summed E-state index contributed by atoms with van der Waals surface area (Å²) in [5.41, 5.74) is 0.334. The molecule has 8 heteroatoms. The lowest BCUT2D eigenvalue weighted by Crippen LogP contribution is -2.46. The Hall–Kier alpha value is -2.24. The standard InChI is InChI=1S/C20H26N4O3S/c1-2-3-11-20(22-23-20)12-13-21-19(25)18-10-7-14-24(15-18)28(26,27)16-17-8-5-4-6-9-17/h1,4-6,8-9,18H,3,7,10-16H2,(H,21,25). The first-order valence-corrected chi connectivity index (χ1v) is 11.2. The molecule has 1 aromatic rings. The summed E-state index contributed by atoms with van der Waals surface area (Å²) >= 11 is 0. The lowest BCUT2D eigenvalue weighted by molar-refractivity contribution is -0.126. The van der Waals surface area contributed by atoms with Gasteiger partial charge in [0.1, 0.15) is 0 Å². The summed E-state index contributed by atoms with van der Waals surface area (Å²) in [6.07, 6.45) is 8.60. The van der Waals surface area contributed by atoms with Gasteiger partial charge in [-0.1, -0.05) is 30.3 Å². The van der Waals surface area contributed by atoms with Gasteiger partial charge in [0.2, 0.25) is 15.9 Å². The first-order chi connectivity index (χ1) is 13.4. The highest BCUT2D eigenvalue weighted by atomic mass is 32.2. The van der Waals surface area contributed by atoms with E-state index in [-0.39, 0.29) is 24.1 Å². The number of nitrogens with zero attached hydrogens (tertiary/aromatic N) is 3. The van der Waals surface area contributed by atoms with Crippen molar-refractivity contribution in [3.8, 4) is 12.3 Å². The molecule has 7 nitrogen and oxygen atoms in total. The first kappa shape index (κ1) is 20.5. The molecule has 1 fully saturated rings. The van der Waals surface area contributed by atoms with Crippen LogP contribution in [0.25, 0.3) is 0 Å². The summed E-state index contributed by atoms with van der Waals surface area (Å²) in [6.45, 7) is 1.16. The number of carbonyl (C=O) groups excluding carboxylic acids is 1. The van der Waals surface area contributed by atoms with Crippen LogP contribution in [0.5, 0.6) is 0 Å². The van der Waals surface area contributed by atoms with E-state index >= 15 is 0 Å². The maximum Gasteiger partial charge on any atom is 0.224 e. The number of benzene rings is 1. The van der Waals surface area contributed by atoms with Gasteiger partial charge in [-0.2, -0.15) is 10.2 Å². The lowest BCUT2D eigenvalue weighted by Gasteiger charge is -2.31. The second kappa shape index (κ2) is 8.84. The molecule has 3 rings (SSSR count). The van der Waals surface area contributed by atoms with Crippen molar-refractivity contribution in [3.05, 3.63) is 35.9 Å². The third-order valence-corrected chi connectivity index (χ3v) is 7.03. The van der Waals surface area contributed by atoms with E-state index in [9.17, 15) is 13.2 Å². The molecular weight excluding hydrogens is 376 g/mol. The van der Waals surface area contributed by atoms with E-state index in [0.717, 1.165) is 5.56 Å². The summed E-state index contributed by atoms with van der Waals surface area (Å²) < 4.78 is 26.9. The zero-order valence-corrected chi connectivity index (χ0v) is 16.7.